The highest BCUT2D eigenvalue weighted by Crippen LogP contribution is 2.32. The van der Waals surface area contributed by atoms with E-state index in [0.717, 1.165) is 25.4 Å². The normalized spacial score (nSPS) is 10.5. The second-order valence-corrected chi connectivity index (χ2v) is 6.78. The molecule has 0 heterocycles. The van der Waals surface area contributed by atoms with E-state index in [2.05, 4.69) is 55.1 Å². The number of benzene rings is 2. The molecule has 132 valence electrons. The molecule has 0 aliphatic rings. The van der Waals surface area contributed by atoms with E-state index in [-0.39, 0.29) is 12.4 Å². The van der Waals surface area contributed by atoms with E-state index >= 15 is 0 Å². The predicted octanol–water partition coefficient (Wildman–Crippen LogP) is 5.89. The Morgan fingerprint density at radius 3 is 2.12 bits per heavy atom. The molecule has 0 saturated heterocycles. The number of hydrogen-bond donors (Lipinski definition) is 0. The van der Waals surface area contributed by atoms with Crippen LogP contribution in [0.15, 0.2) is 58.3 Å². The molecule has 0 bridgehead atoms. The summed E-state index contributed by atoms with van der Waals surface area (Å²) in [6.07, 6.45) is 2.40. The second kappa shape index (κ2) is 11.4. The lowest BCUT2D eigenvalue weighted by Gasteiger charge is -2.22. The number of methoxy groups -OCH3 is 1. The summed E-state index contributed by atoms with van der Waals surface area (Å²) in [5.74, 6) is 0.903. The average Bonchev–Trinajstić information content (AvgIpc) is 2.58. The summed E-state index contributed by atoms with van der Waals surface area (Å²) >= 11 is 1.83. The van der Waals surface area contributed by atoms with Gasteiger partial charge in [0, 0.05) is 16.3 Å². The van der Waals surface area contributed by atoms with E-state index in [4.69, 9.17) is 4.74 Å². The number of nitrogens with zero attached hydrogens (tertiary/aromatic N) is 1. The van der Waals surface area contributed by atoms with E-state index in [0.29, 0.717) is 0 Å². The highest BCUT2D eigenvalue weighted by Gasteiger charge is 2.09. The van der Waals surface area contributed by atoms with Crippen LogP contribution in [0.1, 0.15) is 32.3 Å². The molecule has 0 N–H and O–H groups in total. The molecule has 0 aliphatic heterocycles. The first-order chi connectivity index (χ1) is 11.3. The maximum Gasteiger partial charge on any atom is 0.118 e. The van der Waals surface area contributed by atoms with Crippen LogP contribution in [-0.2, 0) is 6.54 Å². The van der Waals surface area contributed by atoms with Crippen molar-refractivity contribution < 1.29 is 4.74 Å². The molecular formula is C20H28ClNOS. The van der Waals surface area contributed by atoms with Gasteiger partial charge in [0.1, 0.15) is 5.75 Å². The fraction of sp³-hybridized carbons (Fsp3) is 0.400. The Morgan fingerprint density at radius 2 is 1.54 bits per heavy atom. The van der Waals surface area contributed by atoms with Gasteiger partial charge >= 0.3 is 0 Å². The van der Waals surface area contributed by atoms with Gasteiger partial charge in [-0.3, -0.25) is 4.90 Å². The van der Waals surface area contributed by atoms with Crippen molar-refractivity contribution in [1.29, 1.82) is 0 Å². The first kappa shape index (κ1) is 20.9. The van der Waals surface area contributed by atoms with Gasteiger partial charge < -0.3 is 4.74 Å². The van der Waals surface area contributed by atoms with Crippen LogP contribution in [0.3, 0.4) is 0 Å². The van der Waals surface area contributed by atoms with Crippen molar-refractivity contribution >= 4 is 24.2 Å². The van der Waals surface area contributed by atoms with Crippen LogP contribution in [0.5, 0.6) is 5.75 Å². The molecule has 0 atom stereocenters. The maximum absolute atomic E-state index is 5.23. The first-order valence-corrected chi connectivity index (χ1v) is 9.20. The standard InChI is InChI=1S/C20H27NOS.ClH/c1-4-14-21(15-5-2)16-17-8-6-7-9-20(17)23-19-12-10-18(22-3)11-13-19;/h6-13H,4-5,14-16H2,1-3H3;1H. The fourth-order valence-electron chi connectivity index (χ4n) is 2.65. The SMILES string of the molecule is CCCN(CCC)Cc1ccccc1Sc1ccc(OC)cc1.Cl. The molecule has 0 amide bonds. The molecule has 2 nitrogen and oxygen atoms in total. The van der Waals surface area contributed by atoms with Gasteiger partial charge in [0.05, 0.1) is 7.11 Å². The minimum Gasteiger partial charge on any atom is -0.497 e. The Morgan fingerprint density at radius 1 is 0.917 bits per heavy atom. The molecule has 2 aromatic carbocycles. The largest absolute Gasteiger partial charge is 0.497 e. The molecule has 0 unspecified atom stereocenters. The minimum absolute atomic E-state index is 0. The molecule has 0 spiro atoms. The predicted molar refractivity (Wildman–Crippen MR) is 107 cm³/mol. The maximum atomic E-state index is 5.23. The van der Waals surface area contributed by atoms with Crippen LogP contribution in [0.4, 0.5) is 0 Å². The van der Waals surface area contributed by atoms with Crippen LogP contribution in [-0.4, -0.2) is 25.1 Å². The second-order valence-electron chi connectivity index (χ2n) is 5.66. The lowest BCUT2D eigenvalue weighted by atomic mass is 10.2. The Balaban J connectivity index is 0.00000288. The third kappa shape index (κ3) is 6.39. The van der Waals surface area contributed by atoms with Crippen molar-refractivity contribution in [1.82, 2.24) is 4.90 Å². The third-order valence-electron chi connectivity index (χ3n) is 3.73. The summed E-state index contributed by atoms with van der Waals surface area (Å²) in [5.41, 5.74) is 1.41. The Labute approximate surface area is 157 Å². The number of rotatable bonds is 9. The molecule has 24 heavy (non-hydrogen) atoms. The van der Waals surface area contributed by atoms with Gasteiger partial charge in [-0.1, -0.05) is 43.8 Å². The van der Waals surface area contributed by atoms with Gasteiger partial charge in [-0.2, -0.15) is 0 Å². The quantitative estimate of drug-likeness (QED) is 0.549. The Kier molecular flexibility index (Phi) is 9.92. The van der Waals surface area contributed by atoms with Crippen molar-refractivity contribution in [3.05, 3.63) is 54.1 Å². The fourth-order valence-corrected chi connectivity index (χ4v) is 3.58. The van der Waals surface area contributed by atoms with E-state index in [1.54, 1.807) is 7.11 Å². The summed E-state index contributed by atoms with van der Waals surface area (Å²) in [6, 6.07) is 17.0. The van der Waals surface area contributed by atoms with Gasteiger partial charge in [-0.05, 0) is 61.8 Å². The molecule has 0 aliphatic carbocycles. The molecule has 0 saturated carbocycles. The van der Waals surface area contributed by atoms with Crippen molar-refractivity contribution in [3.8, 4) is 5.75 Å². The lowest BCUT2D eigenvalue weighted by Crippen LogP contribution is -2.25. The molecule has 0 fully saturated rings. The van der Waals surface area contributed by atoms with Crippen LogP contribution >= 0.6 is 24.2 Å². The van der Waals surface area contributed by atoms with Gasteiger partial charge in [-0.15, -0.1) is 12.4 Å². The van der Waals surface area contributed by atoms with E-state index in [1.807, 2.05) is 23.9 Å². The summed E-state index contributed by atoms with van der Waals surface area (Å²) in [7, 11) is 1.70. The van der Waals surface area contributed by atoms with Crippen molar-refractivity contribution in [2.75, 3.05) is 20.2 Å². The van der Waals surface area contributed by atoms with Crippen LogP contribution < -0.4 is 4.74 Å². The molecule has 0 radical (unpaired) electrons. The highest BCUT2D eigenvalue weighted by molar-refractivity contribution is 7.99. The summed E-state index contributed by atoms with van der Waals surface area (Å²) in [6.45, 7) is 7.85. The molecule has 0 aromatic heterocycles. The van der Waals surface area contributed by atoms with Gasteiger partial charge in [0.15, 0.2) is 0 Å². The van der Waals surface area contributed by atoms with Crippen LogP contribution in [0, 0.1) is 0 Å². The van der Waals surface area contributed by atoms with E-state index < -0.39 is 0 Å². The van der Waals surface area contributed by atoms with Crippen molar-refractivity contribution in [3.63, 3.8) is 0 Å². The molecule has 2 aromatic rings. The minimum atomic E-state index is 0. The highest BCUT2D eigenvalue weighted by atomic mass is 35.5. The number of hydrogen-bond acceptors (Lipinski definition) is 3. The summed E-state index contributed by atoms with van der Waals surface area (Å²) in [4.78, 5) is 5.14. The van der Waals surface area contributed by atoms with E-state index in [9.17, 15) is 0 Å². The Hall–Kier alpha value is -1.16. The topological polar surface area (TPSA) is 12.5 Å². The van der Waals surface area contributed by atoms with Gasteiger partial charge in [0.25, 0.3) is 0 Å². The molecule has 4 heteroatoms. The smallest absolute Gasteiger partial charge is 0.118 e. The molecule has 2 rings (SSSR count). The monoisotopic (exact) mass is 365 g/mol. The first-order valence-electron chi connectivity index (χ1n) is 8.39. The van der Waals surface area contributed by atoms with Gasteiger partial charge in [-0.25, -0.2) is 0 Å². The van der Waals surface area contributed by atoms with Crippen molar-refractivity contribution in [2.45, 2.75) is 43.0 Å². The zero-order valence-electron chi connectivity index (χ0n) is 14.8. The third-order valence-corrected chi connectivity index (χ3v) is 4.86. The average molecular weight is 366 g/mol. The number of ether oxygens (including phenoxy) is 1. The summed E-state index contributed by atoms with van der Waals surface area (Å²) < 4.78 is 5.23. The van der Waals surface area contributed by atoms with Gasteiger partial charge in [0.2, 0.25) is 0 Å². The molecular weight excluding hydrogens is 338 g/mol. The van der Waals surface area contributed by atoms with Crippen molar-refractivity contribution in [2.24, 2.45) is 0 Å². The summed E-state index contributed by atoms with van der Waals surface area (Å²) in [5, 5.41) is 0. The van der Waals surface area contributed by atoms with Crippen LogP contribution in [0.2, 0.25) is 0 Å². The number of halogens is 1. The lowest BCUT2D eigenvalue weighted by molar-refractivity contribution is 0.265. The zero-order valence-corrected chi connectivity index (χ0v) is 16.5. The zero-order chi connectivity index (χ0) is 16.5. The van der Waals surface area contributed by atoms with Crippen LogP contribution in [0.25, 0.3) is 0 Å². The Bertz CT molecular complexity index is 582. The van der Waals surface area contributed by atoms with E-state index in [1.165, 1.54) is 28.2 Å².